The van der Waals surface area contributed by atoms with Gasteiger partial charge in [0.2, 0.25) is 0 Å². The van der Waals surface area contributed by atoms with E-state index < -0.39 is 0 Å². The van der Waals surface area contributed by atoms with E-state index in [4.69, 9.17) is 16.3 Å². The maximum atomic E-state index is 6.12. The molecule has 1 aromatic heterocycles. The highest BCUT2D eigenvalue weighted by atomic mass is 35.5. The number of rotatable bonds is 4. The van der Waals surface area contributed by atoms with Gasteiger partial charge in [-0.2, -0.15) is 0 Å². The van der Waals surface area contributed by atoms with Crippen molar-refractivity contribution in [2.45, 2.75) is 19.5 Å². The zero-order valence-corrected chi connectivity index (χ0v) is 11.2. The average molecular weight is 276 g/mol. The fourth-order valence-electron chi connectivity index (χ4n) is 2.23. The van der Waals surface area contributed by atoms with Gasteiger partial charge in [0.15, 0.2) is 0 Å². The third-order valence-corrected chi connectivity index (χ3v) is 3.31. The molecule has 98 valence electrons. The summed E-state index contributed by atoms with van der Waals surface area (Å²) in [5.41, 5.74) is 3.27. The molecular formula is C14H14ClN3O. The van der Waals surface area contributed by atoms with Gasteiger partial charge in [-0.3, -0.25) is 0 Å². The van der Waals surface area contributed by atoms with E-state index in [0.29, 0.717) is 13.1 Å². The fourth-order valence-corrected chi connectivity index (χ4v) is 2.49. The number of fused-ring (bicyclic) bond motifs is 1. The molecule has 0 saturated carbocycles. The molecule has 1 N–H and O–H groups in total. The lowest BCUT2D eigenvalue weighted by Gasteiger charge is -2.10. The van der Waals surface area contributed by atoms with Crippen LogP contribution in [0.5, 0.6) is 5.75 Å². The summed E-state index contributed by atoms with van der Waals surface area (Å²) in [6.07, 6.45) is 4.23. The van der Waals surface area contributed by atoms with Crippen LogP contribution in [0.2, 0.25) is 5.02 Å². The van der Waals surface area contributed by atoms with Crippen molar-refractivity contribution in [1.82, 2.24) is 15.3 Å². The van der Waals surface area contributed by atoms with Crippen LogP contribution in [0.4, 0.5) is 0 Å². The summed E-state index contributed by atoms with van der Waals surface area (Å²) in [5.74, 6) is 0.986. The molecule has 1 aliphatic rings. The van der Waals surface area contributed by atoms with Crippen LogP contribution >= 0.6 is 11.6 Å². The van der Waals surface area contributed by atoms with Gasteiger partial charge in [0, 0.05) is 36.3 Å². The van der Waals surface area contributed by atoms with Gasteiger partial charge >= 0.3 is 0 Å². The second-order valence-electron chi connectivity index (χ2n) is 4.46. The Balaban J connectivity index is 1.67. The summed E-state index contributed by atoms with van der Waals surface area (Å²) >= 11 is 6.12. The van der Waals surface area contributed by atoms with Gasteiger partial charge in [0.25, 0.3) is 0 Å². The minimum Gasteiger partial charge on any atom is -0.493 e. The van der Waals surface area contributed by atoms with Gasteiger partial charge in [-0.1, -0.05) is 11.6 Å². The molecule has 0 saturated heterocycles. The molecule has 0 atom stereocenters. The molecule has 0 radical (unpaired) electrons. The van der Waals surface area contributed by atoms with Crippen LogP contribution in [0, 0.1) is 0 Å². The molecule has 3 rings (SSSR count). The number of halogens is 1. The van der Waals surface area contributed by atoms with E-state index in [1.165, 1.54) is 5.56 Å². The van der Waals surface area contributed by atoms with Crippen molar-refractivity contribution in [3.05, 3.63) is 52.6 Å². The van der Waals surface area contributed by atoms with E-state index in [9.17, 15) is 0 Å². The first-order valence-corrected chi connectivity index (χ1v) is 6.60. The summed E-state index contributed by atoms with van der Waals surface area (Å²) in [4.78, 5) is 8.06. The maximum absolute atomic E-state index is 6.12. The third-order valence-electron chi connectivity index (χ3n) is 3.09. The molecule has 1 aliphatic heterocycles. The predicted molar refractivity (Wildman–Crippen MR) is 73.2 cm³/mol. The zero-order valence-electron chi connectivity index (χ0n) is 10.4. The molecule has 0 spiro atoms. The number of hydrogen-bond donors (Lipinski definition) is 1. The highest BCUT2D eigenvalue weighted by molar-refractivity contribution is 6.30. The largest absolute Gasteiger partial charge is 0.493 e. The van der Waals surface area contributed by atoms with E-state index in [1.54, 1.807) is 12.5 Å². The van der Waals surface area contributed by atoms with Crippen LogP contribution in [0.3, 0.4) is 0 Å². The average Bonchev–Trinajstić information content (AvgIpc) is 2.88. The minimum absolute atomic E-state index is 0.698. The van der Waals surface area contributed by atoms with E-state index in [0.717, 1.165) is 35.1 Å². The van der Waals surface area contributed by atoms with Crippen molar-refractivity contribution >= 4 is 11.6 Å². The molecular weight excluding hydrogens is 262 g/mol. The van der Waals surface area contributed by atoms with Crippen LogP contribution in [0.1, 0.15) is 16.8 Å². The lowest BCUT2D eigenvalue weighted by atomic mass is 10.1. The minimum atomic E-state index is 0.698. The Morgan fingerprint density at radius 2 is 2.26 bits per heavy atom. The van der Waals surface area contributed by atoms with Crippen LogP contribution < -0.4 is 10.1 Å². The number of nitrogens with zero attached hydrogens (tertiary/aromatic N) is 2. The monoisotopic (exact) mass is 275 g/mol. The Kier molecular flexibility index (Phi) is 3.62. The van der Waals surface area contributed by atoms with Crippen molar-refractivity contribution in [3.63, 3.8) is 0 Å². The number of benzene rings is 1. The molecule has 0 fully saturated rings. The maximum Gasteiger partial charge on any atom is 0.127 e. The first-order valence-electron chi connectivity index (χ1n) is 6.22. The molecule has 19 heavy (non-hydrogen) atoms. The molecule has 0 bridgehead atoms. The van der Waals surface area contributed by atoms with Gasteiger partial charge in [-0.15, -0.1) is 0 Å². The Bertz CT molecular complexity index is 574. The normalized spacial score (nSPS) is 13.1. The number of hydrogen-bond acceptors (Lipinski definition) is 4. The van der Waals surface area contributed by atoms with E-state index in [2.05, 4.69) is 15.3 Å². The second-order valence-corrected chi connectivity index (χ2v) is 4.89. The molecule has 2 aromatic rings. The van der Waals surface area contributed by atoms with Crippen LogP contribution in [0.25, 0.3) is 0 Å². The van der Waals surface area contributed by atoms with Gasteiger partial charge in [0.05, 0.1) is 12.3 Å². The highest BCUT2D eigenvalue weighted by Crippen LogP contribution is 2.32. The highest BCUT2D eigenvalue weighted by Gasteiger charge is 2.17. The summed E-state index contributed by atoms with van der Waals surface area (Å²) in [7, 11) is 0. The molecule has 0 amide bonds. The van der Waals surface area contributed by atoms with Gasteiger partial charge in [-0.25, -0.2) is 9.97 Å². The summed E-state index contributed by atoms with van der Waals surface area (Å²) in [5, 5.41) is 4.11. The molecule has 0 unspecified atom stereocenters. The lowest BCUT2D eigenvalue weighted by molar-refractivity contribution is 0.352. The number of nitrogens with one attached hydrogen (secondary N) is 1. The lowest BCUT2D eigenvalue weighted by Crippen LogP contribution is -2.14. The van der Waals surface area contributed by atoms with Crippen molar-refractivity contribution in [1.29, 1.82) is 0 Å². The number of aromatic nitrogens is 2. The van der Waals surface area contributed by atoms with Gasteiger partial charge in [0.1, 0.15) is 12.1 Å². The van der Waals surface area contributed by atoms with Crippen LogP contribution in [0.15, 0.2) is 30.7 Å². The van der Waals surface area contributed by atoms with E-state index in [-0.39, 0.29) is 0 Å². The van der Waals surface area contributed by atoms with Crippen molar-refractivity contribution in [2.75, 3.05) is 6.61 Å². The van der Waals surface area contributed by atoms with Gasteiger partial charge < -0.3 is 10.1 Å². The Hall–Kier alpha value is -1.65. The van der Waals surface area contributed by atoms with Gasteiger partial charge in [-0.05, 0) is 23.8 Å². The third kappa shape index (κ3) is 2.85. The Morgan fingerprint density at radius 1 is 1.32 bits per heavy atom. The molecule has 1 aromatic carbocycles. The SMILES string of the molecule is Clc1cc2c(c(CNCc3ccncn3)c1)OCC2. The van der Waals surface area contributed by atoms with Crippen molar-refractivity contribution in [2.24, 2.45) is 0 Å². The van der Waals surface area contributed by atoms with E-state index >= 15 is 0 Å². The Labute approximate surface area is 116 Å². The second kappa shape index (κ2) is 5.55. The summed E-state index contributed by atoms with van der Waals surface area (Å²) in [6, 6.07) is 5.84. The molecule has 5 heteroatoms. The van der Waals surface area contributed by atoms with Crippen LogP contribution in [-0.4, -0.2) is 16.6 Å². The molecule has 2 heterocycles. The summed E-state index contributed by atoms with van der Waals surface area (Å²) < 4.78 is 5.66. The predicted octanol–water partition coefficient (Wildman–Crippen LogP) is 2.35. The smallest absolute Gasteiger partial charge is 0.127 e. The first-order chi connectivity index (χ1) is 9.33. The molecule has 4 nitrogen and oxygen atoms in total. The standard InChI is InChI=1S/C14H14ClN3O/c15-12-5-10-2-4-19-14(10)11(6-12)7-17-8-13-1-3-16-9-18-13/h1,3,5-6,9,17H,2,4,7-8H2. The fraction of sp³-hybridized carbons (Fsp3) is 0.286. The quantitative estimate of drug-likeness (QED) is 0.930. The van der Waals surface area contributed by atoms with Crippen LogP contribution in [-0.2, 0) is 19.5 Å². The first kappa shape index (κ1) is 12.4. The zero-order chi connectivity index (χ0) is 13.1. The van der Waals surface area contributed by atoms with Crippen molar-refractivity contribution < 1.29 is 4.74 Å². The summed E-state index contributed by atoms with van der Waals surface area (Å²) in [6.45, 7) is 2.16. The van der Waals surface area contributed by atoms with E-state index in [1.807, 2.05) is 18.2 Å². The molecule has 0 aliphatic carbocycles. The number of ether oxygens (including phenoxy) is 1. The van der Waals surface area contributed by atoms with Crippen molar-refractivity contribution in [3.8, 4) is 5.75 Å². The topological polar surface area (TPSA) is 47.0 Å². The Morgan fingerprint density at radius 3 is 3.11 bits per heavy atom.